The monoisotopic (exact) mass is 323 g/mol. The molecule has 0 N–H and O–H groups in total. The lowest BCUT2D eigenvalue weighted by molar-refractivity contribution is 0.521. The average Bonchev–Trinajstić information content (AvgIpc) is 3.06. The van der Waals surface area contributed by atoms with Gasteiger partial charge in [0.1, 0.15) is 0 Å². The Labute approximate surface area is 144 Å². The second kappa shape index (κ2) is 14.2. The maximum absolute atomic E-state index is 4.66. The van der Waals surface area contributed by atoms with Crippen LogP contribution in [0.3, 0.4) is 0 Å². The fourth-order valence-corrected chi connectivity index (χ4v) is 3.38. The molecule has 0 amide bonds. The maximum Gasteiger partial charge on any atom is 0.0758 e. The summed E-state index contributed by atoms with van der Waals surface area (Å²) in [5, 5.41) is 0.364. The fraction of sp³-hybridized carbons (Fsp3) is 0.800. The molecule has 1 aromatic heterocycles. The summed E-state index contributed by atoms with van der Waals surface area (Å²) in [6, 6.07) is 4.15. The molecular weight excluding hydrogens is 286 g/mol. The second-order valence-electron chi connectivity index (χ2n) is 6.64. The summed E-state index contributed by atoms with van der Waals surface area (Å²) >= 11 is 4.66. The van der Waals surface area contributed by atoms with Crippen LogP contribution in [0.1, 0.15) is 102 Å². The molecule has 0 bridgehead atoms. The predicted octanol–water partition coefficient (Wildman–Crippen LogP) is 7.40. The van der Waals surface area contributed by atoms with E-state index in [2.05, 4.69) is 48.6 Å². The Kier molecular flexibility index (Phi) is 12.7. The zero-order valence-electron chi connectivity index (χ0n) is 14.7. The van der Waals surface area contributed by atoms with Crippen LogP contribution in [-0.4, -0.2) is 4.57 Å². The molecule has 2 heteroatoms. The molecule has 1 unspecified atom stereocenters. The topological polar surface area (TPSA) is 4.93 Å². The molecule has 0 aliphatic heterocycles. The van der Waals surface area contributed by atoms with Crippen molar-refractivity contribution < 1.29 is 0 Å². The van der Waals surface area contributed by atoms with Crippen molar-refractivity contribution in [1.29, 1.82) is 0 Å². The molecule has 0 fully saturated rings. The standard InChI is InChI=1S/C20H37NS/c1-2-3-4-5-6-7-8-9-10-11-12-13-14-17-20(22)21-18-15-16-19-21/h15-16,18-20,22H,2-14,17H2,1H3. The zero-order valence-corrected chi connectivity index (χ0v) is 15.6. The first kappa shape index (κ1) is 19.7. The summed E-state index contributed by atoms with van der Waals surface area (Å²) in [5.74, 6) is 0. The molecule has 22 heavy (non-hydrogen) atoms. The van der Waals surface area contributed by atoms with Gasteiger partial charge in [-0.05, 0) is 18.6 Å². The molecular formula is C20H37NS. The van der Waals surface area contributed by atoms with E-state index < -0.39 is 0 Å². The Bertz CT molecular complexity index is 320. The second-order valence-corrected chi connectivity index (χ2v) is 7.24. The Balaban J connectivity index is 1.76. The quantitative estimate of drug-likeness (QED) is 0.253. The van der Waals surface area contributed by atoms with Gasteiger partial charge in [-0.2, -0.15) is 12.6 Å². The van der Waals surface area contributed by atoms with Crippen molar-refractivity contribution in [3.63, 3.8) is 0 Å². The van der Waals surface area contributed by atoms with Crippen molar-refractivity contribution in [3.8, 4) is 0 Å². The lowest BCUT2D eigenvalue weighted by Crippen LogP contribution is -1.99. The van der Waals surface area contributed by atoms with Crippen molar-refractivity contribution in [3.05, 3.63) is 24.5 Å². The van der Waals surface area contributed by atoms with Gasteiger partial charge < -0.3 is 4.57 Å². The van der Waals surface area contributed by atoms with Gasteiger partial charge in [-0.3, -0.25) is 0 Å². The summed E-state index contributed by atoms with van der Waals surface area (Å²) in [6.45, 7) is 2.29. The molecule has 1 aromatic rings. The third-order valence-electron chi connectivity index (χ3n) is 4.54. The highest BCUT2D eigenvalue weighted by atomic mass is 32.1. The summed E-state index contributed by atoms with van der Waals surface area (Å²) in [6.07, 6.45) is 23.9. The van der Waals surface area contributed by atoms with Crippen LogP contribution >= 0.6 is 12.6 Å². The number of thiol groups is 1. The molecule has 0 spiro atoms. The van der Waals surface area contributed by atoms with Crippen LogP contribution in [0.15, 0.2) is 24.5 Å². The van der Waals surface area contributed by atoms with Gasteiger partial charge in [0.2, 0.25) is 0 Å². The average molecular weight is 324 g/mol. The largest absolute Gasteiger partial charge is 0.342 e. The van der Waals surface area contributed by atoms with Crippen LogP contribution in [0, 0.1) is 0 Å². The normalized spacial score (nSPS) is 12.6. The molecule has 1 atom stereocenters. The van der Waals surface area contributed by atoms with E-state index in [4.69, 9.17) is 0 Å². The smallest absolute Gasteiger partial charge is 0.0758 e. The Morgan fingerprint density at radius 1 is 0.682 bits per heavy atom. The first-order valence-electron chi connectivity index (χ1n) is 9.65. The lowest BCUT2D eigenvalue weighted by atomic mass is 10.0. The Morgan fingerprint density at radius 2 is 1.09 bits per heavy atom. The van der Waals surface area contributed by atoms with Gasteiger partial charge in [0.25, 0.3) is 0 Å². The van der Waals surface area contributed by atoms with E-state index in [1.165, 1.54) is 89.9 Å². The summed E-state index contributed by atoms with van der Waals surface area (Å²) < 4.78 is 2.20. The molecule has 0 saturated carbocycles. The van der Waals surface area contributed by atoms with E-state index in [-0.39, 0.29) is 0 Å². The van der Waals surface area contributed by atoms with E-state index in [9.17, 15) is 0 Å². The number of unbranched alkanes of at least 4 members (excludes halogenated alkanes) is 12. The van der Waals surface area contributed by atoms with Gasteiger partial charge in [-0.15, -0.1) is 0 Å². The Hall–Kier alpha value is -0.370. The zero-order chi connectivity index (χ0) is 15.9. The molecule has 0 aliphatic carbocycles. The molecule has 0 saturated heterocycles. The van der Waals surface area contributed by atoms with Gasteiger partial charge in [0.05, 0.1) is 5.37 Å². The number of hydrogen-bond donors (Lipinski definition) is 1. The van der Waals surface area contributed by atoms with Crippen LogP contribution in [0.25, 0.3) is 0 Å². The molecule has 0 radical (unpaired) electrons. The van der Waals surface area contributed by atoms with Crippen LogP contribution < -0.4 is 0 Å². The van der Waals surface area contributed by atoms with Crippen molar-refractivity contribution >= 4 is 12.6 Å². The number of hydrogen-bond acceptors (Lipinski definition) is 1. The minimum Gasteiger partial charge on any atom is -0.342 e. The van der Waals surface area contributed by atoms with Crippen LogP contribution in [0.2, 0.25) is 0 Å². The first-order valence-corrected chi connectivity index (χ1v) is 10.2. The predicted molar refractivity (Wildman–Crippen MR) is 103 cm³/mol. The molecule has 1 rings (SSSR count). The lowest BCUT2D eigenvalue weighted by Gasteiger charge is -2.12. The third-order valence-corrected chi connectivity index (χ3v) is 5.06. The van der Waals surface area contributed by atoms with Gasteiger partial charge in [-0.1, -0.05) is 90.4 Å². The molecule has 1 heterocycles. The van der Waals surface area contributed by atoms with Crippen LogP contribution in [0.4, 0.5) is 0 Å². The maximum atomic E-state index is 4.66. The minimum absolute atomic E-state index is 0.364. The van der Waals surface area contributed by atoms with E-state index >= 15 is 0 Å². The fourth-order valence-electron chi connectivity index (χ4n) is 3.04. The molecule has 128 valence electrons. The highest BCUT2D eigenvalue weighted by molar-refractivity contribution is 7.80. The summed E-state index contributed by atoms with van der Waals surface area (Å²) in [5.41, 5.74) is 0. The highest BCUT2D eigenvalue weighted by Gasteiger charge is 2.03. The SMILES string of the molecule is CCCCCCCCCCCCCCCC(S)n1cccc1. The minimum atomic E-state index is 0.364. The Morgan fingerprint density at radius 3 is 1.55 bits per heavy atom. The summed E-state index contributed by atoms with van der Waals surface area (Å²) in [7, 11) is 0. The van der Waals surface area contributed by atoms with E-state index in [1.54, 1.807) is 0 Å². The van der Waals surface area contributed by atoms with Crippen molar-refractivity contribution in [1.82, 2.24) is 4.57 Å². The van der Waals surface area contributed by atoms with Crippen molar-refractivity contribution in [2.45, 2.75) is 102 Å². The van der Waals surface area contributed by atoms with Gasteiger partial charge in [0.15, 0.2) is 0 Å². The number of aromatic nitrogens is 1. The first-order chi connectivity index (χ1) is 10.8. The van der Waals surface area contributed by atoms with E-state index in [0.717, 1.165) is 0 Å². The van der Waals surface area contributed by atoms with Crippen molar-refractivity contribution in [2.24, 2.45) is 0 Å². The van der Waals surface area contributed by atoms with E-state index in [0.29, 0.717) is 5.37 Å². The van der Waals surface area contributed by atoms with Crippen LogP contribution in [0.5, 0.6) is 0 Å². The molecule has 1 nitrogen and oxygen atoms in total. The molecule has 0 aliphatic rings. The van der Waals surface area contributed by atoms with Crippen LogP contribution in [-0.2, 0) is 0 Å². The van der Waals surface area contributed by atoms with Gasteiger partial charge >= 0.3 is 0 Å². The highest BCUT2D eigenvalue weighted by Crippen LogP contribution is 2.20. The van der Waals surface area contributed by atoms with Crippen molar-refractivity contribution in [2.75, 3.05) is 0 Å². The third kappa shape index (κ3) is 10.4. The number of nitrogens with zero attached hydrogens (tertiary/aromatic N) is 1. The van der Waals surface area contributed by atoms with E-state index in [1.807, 2.05) is 0 Å². The van der Waals surface area contributed by atoms with Gasteiger partial charge in [-0.25, -0.2) is 0 Å². The molecule has 0 aromatic carbocycles. The number of rotatable bonds is 15. The summed E-state index contributed by atoms with van der Waals surface area (Å²) in [4.78, 5) is 0. The van der Waals surface area contributed by atoms with Gasteiger partial charge in [0, 0.05) is 12.4 Å².